The summed E-state index contributed by atoms with van der Waals surface area (Å²) in [7, 11) is 0. The van der Waals surface area contributed by atoms with Crippen LogP contribution in [0, 0.1) is 5.92 Å². The molecule has 2 aliphatic rings. The van der Waals surface area contributed by atoms with Gasteiger partial charge in [0.1, 0.15) is 12.7 Å². The SMILES string of the molecule is CC(C)OC(=O)OCC1O[C@@H](n2ccc(NOC(=O)C(C)C)nc2=O)[C@@H]2OC(=O)O[C@H]12. The van der Waals surface area contributed by atoms with Crippen molar-refractivity contribution < 1.29 is 42.9 Å². The Kier molecular flexibility index (Phi) is 6.63. The first-order valence-electron chi connectivity index (χ1n) is 9.57. The standard InChI is InChI=1S/C18H23N3O10/c1-8(2)15(22)31-20-11-5-6-21(16(23)19-11)14-13-12(29-18(25)30-13)10(28-14)7-26-17(24)27-9(3)4/h5-6,8-10,12-14H,7H2,1-4H3,(H,19,20,23)/t10?,12-,13-,14-/m1/s1. The Balaban J connectivity index is 1.70. The van der Waals surface area contributed by atoms with Crippen LogP contribution in [0.25, 0.3) is 0 Å². The molecule has 0 saturated carbocycles. The van der Waals surface area contributed by atoms with Crippen molar-refractivity contribution in [3.63, 3.8) is 0 Å². The van der Waals surface area contributed by atoms with Crippen LogP contribution in [0.1, 0.15) is 33.9 Å². The number of nitrogens with zero attached hydrogens (tertiary/aromatic N) is 2. The first-order chi connectivity index (χ1) is 14.7. The zero-order valence-electron chi connectivity index (χ0n) is 17.3. The van der Waals surface area contributed by atoms with Gasteiger partial charge in [0.05, 0.1) is 12.0 Å². The summed E-state index contributed by atoms with van der Waals surface area (Å²) in [5.41, 5.74) is 1.53. The Labute approximate surface area is 176 Å². The number of carbonyl (C=O) groups is 3. The van der Waals surface area contributed by atoms with Gasteiger partial charge in [0, 0.05) is 12.3 Å². The summed E-state index contributed by atoms with van der Waals surface area (Å²) < 4.78 is 26.9. The first kappa shape index (κ1) is 22.3. The molecule has 2 fully saturated rings. The maximum atomic E-state index is 12.5. The molecule has 170 valence electrons. The molecule has 1 aromatic rings. The van der Waals surface area contributed by atoms with Gasteiger partial charge in [0.2, 0.25) is 0 Å². The predicted molar refractivity (Wildman–Crippen MR) is 99.7 cm³/mol. The molecule has 3 heterocycles. The van der Waals surface area contributed by atoms with E-state index in [0.717, 1.165) is 4.57 Å². The van der Waals surface area contributed by atoms with E-state index in [-0.39, 0.29) is 24.4 Å². The minimum atomic E-state index is -1.07. The lowest BCUT2D eigenvalue weighted by molar-refractivity contribution is -0.144. The molecule has 13 heteroatoms. The third kappa shape index (κ3) is 5.23. The Morgan fingerprint density at radius 2 is 1.90 bits per heavy atom. The largest absolute Gasteiger partial charge is 0.509 e. The quantitative estimate of drug-likeness (QED) is 0.366. The molecule has 0 bridgehead atoms. The number of ether oxygens (including phenoxy) is 5. The van der Waals surface area contributed by atoms with Crippen LogP contribution >= 0.6 is 0 Å². The monoisotopic (exact) mass is 441 g/mol. The number of hydrogen-bond donors (Lipinski definition) is 1. The fraction of sp³-hybridized carbons (Fsp3) is 0.611. The van der Waals surface area contributed by atoms with E-state index in [1.54, 1.807) is 27.7 Å². The molecule has 0 spiro atoms. The van der Waals surface area contributed by atoms with E-state index in [1.807, 2.05) is 0 Å². The number of carbonyl (C=O) groups excluding carboxylic acids is 3. The first-order valence-corrected chi connectivity index (χ1v) is 9.57. The molecule has 1 unspecified atom stereocenters. The lowest BCUT2D eigenvalue weighted by atomic mass is 10.1. The van der Waals surface area contributed by atoms with E-state index >= 15 is 0 Å². The second-order valence-electron chi connectivity index (χ2n) is 7.39. The van der Waals surface area contributed by atoms with E-state index in [2.05, 4.69) is 10.5 Å². The molecular weight excluding hydrogens is 418 g/mol. The van der Waals surface area contributed by atoms with Crippen molar-refractivity contribution >= 4 is 24.1 Å². The third-order valence-electron chi connectivity index (χ3n) is 4.28. The van der Waals surface area contributed by atoms with Gasteiger partial charge >= 0.3 is 24.0 Å². The van der Waals surface area contributed by atoms with Gasteiger partial charge in [0.15, 0.2) is 24.3 Å². The highest BCUT2D eigenvalue weighted by molar-refractivity contribution is 5.72. The lowest BCUT2D eigenvalue weighted by Crippen LogP contribution is -2.34. The van der Waals surface area contributed by atoms with Gasteiger partial charge in [-0.25, -0.2) is 24.7 Å². The van der Waals surface area contributed by atoms with Gasteiger partial charge in [0.25, 0.3) is 0 Å². The van der Waals surface area contributed by atoms with Crippen LogP contribution < -0.4 is 11.2 Å². The van der Waals surface area contributed by atoms with Crippen LogP contribution in [0.15, 0.2) is 17.1 Å². The second-order valence-corrected chi connectivity index (χ2v) is 7.39. The zero-order chi connectivity index (χ0) is 22.7. The number of aromatic nitrogens is 2. The minimum Gasteiger partial charge on any atom is -0.432 e. The lowest BCUT2D eigenvalue weighted by Gasteiger charge is -2.18. The van der Waals surface area contributed by atoms with Crippen molar-refractivity contribution in [1.29, 1.82) is 0 Å². The van der Waals surface area contributed by atoms with Gasteiger partial charge in [-0.2, -0.15) is 4.98 Å². The molecule has 2 saturated heterocycles. The van der Waals surface area contributed by atoms with E-state index in [1.165, 1.54) is 12.3 Å². The van der Waals surface area contributed by atoms with E-state index < -0.39 is 48.5 Å². The smallest absolute Gasteiger partial charge is 0.432 e. The number of anilines is 1. The van der Waals surface area contributed by atoms with Crippen molar-refractivity contribution in [2.75, 3.05) is 12.1 Å². The van der Waals surface area contributed by atoms with Crippen molar-refractivity contribution in [1.82, 2.24) is 9.55 Å². The van der Waals surface area contributed by atoms with Crippen molar-refractivity contribution in [3.05, 3.63) is 22.7 Å². The Morgan fingerprint density at radius 1 is 1.19 bits per heavy atom. The van der Waals surface area contributed by atoms with Crippen molar-refractivity contribution in [3.8, 4) is 0 Å². The summed E-state index contributed by atoms with van der Waals surface area (Å²) in [6.45, 7) is 6.34. The molecule has 2 aliphatic heterocycles. The normalized spacial score (nSPS) is 24.4. The summed E-state index contributed by atoms with van der Waals surface area (Å²) in [5.74, 6) is -0.895. The molecule has 3 rings (SSSR count). The fourth-order valence-corrected chi connectivity index (χ4v) is 2.84. The Morgan fingerprint density at radius 3 is 2.55 bits per heavy atom. The zero-order valence-corrected chi connectivity index (χ0v) is 17.3. The van der Waals surface area contributed by atoms with Gasteiger partial charge < -0.3 is 28.5 Å². The summed E-state index contributed by atoms with van der Waals surface area (Å²) in [6, 6.07) is 1.37. The maximum absolute atomic E-state index is 12.5. The average molecular weight is 441 g/mol. The molecule has 13 nitrogen and oxygen atoms in total. The number of fused-ring (bicyclic) bond motifs is 1. The highest BCUT2D eigenvalue weighted by atomic mass is 16.8. The molecule has 1 N–H and O–H groups in total. The van der Waals surface area contributed by atoms with Gasteiger partial charge in [-0.05, 0) is 13.8 Å². The minimum absolute atomic E-state index is 0.000720. The van der Waals surface area contributed by atoms with Crippen LogP contribution in [0.4, 0.5) is 15.4 Å². The van der Waals surface area contributed by atoms with Crippen LogP contribution in [-0.4, -0.2) is 58.9 Å². The Hall–Kier alpha value is -3.35. The molecule has 0 aromatic carbocycles. The van der Waals surface area contributed by atoms with Crippen molar-refractivity contribution in [2.45, 2.75) is 58.3 Å². The summed E-state index contributed by atoms with van der Waals surface area (Å²) >= 11 is 0. The summed E-state index contributed by atoms with van der Waals surface area (Å²) in [5, 5.41) is 0. The number of hydrogen-bond acceptors (Lipinski definition) is 12. The van der Waals surface area contributed by atoms with E-state index in [4.69, 9.17) is 28.5 Å². The second kappa shape index (κ2) is 9.20. The van der Waals surface area contributed by atoms with E-state index in [9.17, 15) is 19.2 Å². The van der Waals surface area contributed by atoms with Gasteiger partial charge in [-0.15, -0.1) is 0 Å². The van der Waals surface area contributed by atoms with Crippen LogP contribution in [0.5, 0.6) is 0 Å². The van der Waals surface area contributed by atoms with Crippen LogP contribution in [0.2, 0.25) is 0 Å². The number of rotatable bonds is 7. The fourth-order valence-electron chi connectivity index (χ4n) is 2.84. The van der Waals surface area contributed by atoms with Crippen LogP contribution in [-0.2, 0) is 33.3 Å². The van der Waals surface area contributed by atoms with Crippen molar-refractivity contribution in [2.24, 2.45) is 5.92 Å². The molecule has 0 aliphatic carbocycles. The summed E-state index contributed by atoms with van der Waals surface area (Å²) in [4.78, 5) is 55.8. The summed E-state index contributed by atoms with van der Waals surface area (Å²) in [6.07, 6.45) is -4.71. The molecular formula is C18H23N3O10. The molecule has 31 heavy (non-hydrogen) atoms. The molecule has 1 aromatic heterocycles. The molecule has 4 atom stereocenters. The van der Waals surface area contributed by atoms with Crippen LogP contribution in [0.3, 0.4) is 0 Å². The average Bonchev–Trinajstić information content (AvgIpc) is 3.21. The Bertz CT molecular complexity index is 899. The predicted octanol–water partition coefficient (Wildman–Crippen LogP) is 1.13. The number of nitrogens with one attached hydrogen (secondary N) is 1. The highest BCUT2D eigenvalue weighted by Gasteiger charge is 2.55. The maximum Gasteiger partial charge on any atom is 0.509 e. The topological polar surface area (TPSA) is 154 Å². The van der Waals surface area contributed by atoms with Gasteiger partial charge in [-0.3, -0.25) is 4.57 Å². The molecule has 0 amide bonds. The van der Waals surface area contributed by atoms with E-state index in [0.29, 0.717) is 0 Å². The third-order valence-corrected chi connectivity index (χ3v) is 4.28. The highest BCUT2D eigenvalue weighted by Crippen LogP contribution is 2.37. The van der Waals surface area contributed by atoms with Gasteiger partial charge in [-0.1, -0.05) is 13.8 Å². The molecule has 0 radical (unpaired) electrons.